The SMILES string of the molecule is COc1ccc(-c2nnc(SCC(=O)N/N=C/c3cc([N+](=O)[O-])ccc3Cl)n2-c2ccccc2)cc1OC. The number of carbonyl (C=O) groups excluding carboxylic acids is 1. The molecule has 0 saturated carbocycles. The van der Waals surface area contributed by atoms with E-state index in [4.69, 9.17) is 21.1 Å². The molecule has 0 aliphatic heterocycles. The Morgan fingerprint density at radius 3 is 2.58 bits per heavy atom. The Balaban J connectivity index is 1.53. The number of nitro benzene ring substituents is 1. The molecule has 0 aliphatic rings. The van der Waals surface area contributed by atoms with Crippen molar-refractivity contribution in [2.75, 3.05) is 20.0 Å². The van der Waals surface area contributed by atoms with Gasteiger partial charge in [-0.2, -0.15) is 5.10 Å². The molecule has 4 rings (SSSR count). The van der Waals surface area contributed by atoms with Gasteiger partial charge in [0.05, 0.1) is 31.1 Å². The van der Waals surface area contributed by atoms with E-state index in [-0.39, 0.29) is 16.5 Å². The minimum Gasteiger partial charge on any atom is -0.493 e. The molecule has 0 fully saturated rings. The van der Waals surface area contributed by atoms with Crippen molar-refractivity contribution >= 4 is 41.2 Å². The van der Waals surface area contributed by atoms with Gasteiger partial charge >= 0.3 is 0 Å². The molecule has 1 N–H and O–H groups in total. The second-order valence-electron chi connectivity index (χ2n) is 7.59. The van der Waals surface area contributed by atoms with Crippen molar-refractivity contribution in [2.45, 2.75) is 5.16 Å². The first kappa shape index (κ1) is 26.6. The van der Waals surface area contributed by atoms with Gasteiger partial charge in [-0.1, -0.05) is 41.6 Å². The third-order valence-corrected chi connectivity index (χ3v) is 6.48. The molecule has 1 aromatic heterocycles. The van der Waals surface area contributed by atoms with Gasteiger partial charge in [0.15, 0.2) is 22.5 Å². The Morgan fingerprint density at radius 1 is 1.11 bits per heavy atom. The lowest BCUT2D eigenvalue weighted by atomic mass is 10.2. The molecule has 1 heterocycles. The van der Waals surface area contributed by atoms with E-state index in [0.717, 1.165) is 11.3 Å². The number of ether oxygens (including phenoxy) is 2. The van der Waals surface area contributed by atoms with Crippen LogP contribution in [-0.4, -0.2) is 51.8 Å². The van der Waals surface area contributed by atoms with Gasteiger partial charge in [-0.25, -0.2) is 5.43 Å². The van der Waals surface area contributed by atoms with E-state index in [1.165, 1.54) is 36.2 Å². The van der Waals surface area contributed by atoms with E-state index in [1.807, 2.05) is 41.0 Å². The summed E-state index contributed by atoms with van der Waals surface area (Å²) in [6, 6.07) is 18.9. The first-order valence-electron chi connectivity index (χ1n) is 11.0. The summed E-state index contributed by atoms with van der Waals surface area (Å²) in [5, 5.41) is 24.3. The molecule has 0 saturated heterocycles. The number of para-hydroxylation sites is 1. The van der Waals surface area contributed by atoms with Crippen LogP contribution < -0.4 is 14.9 Å². The largest absolute Gasteiger partial charge is 0.493 e. The van der Waals surface area contributed by atoms with Crippen LogP contribution in [0.25, 0.3) is 17.1 Å². The molecule has 194 valence electrons. The minimum atomic E-state index is -0.540. The first-order chi connectivity index (χ1) is 18.4. The predicted octanol–water partition coefficient (Wildman–Crippen LogP) is 4.76. The Labute approximate surface area is 226 Å². The van der Waals surface area contributed by atoms with E-state index >= 15 is 0 Å². The van der Waals surface area contributed by atoms with Gasteiger partial charge in [-0.15, -0.1) is 10.2 Å². The Hall–Kier alpha value is -4.42. The molecule has 0 radical (unpaired) electrons. The van der Waals surface area contributed by atoms with Crippen molar-refractivity contribution in [3.8, 4) is 28.6 Å². The number of hydrazone groups is 1. The maximum Gasteiger partial charge on any atom is 0.270 e. The summed E-state index contributed by atoms with van der Waals surface area (Å²) in [6.07, 6.45) is 1.25. The van der Waals surface area contributed by atoms with E-state index in [0.29, 0.717) is 28.0 Å². The van der Waals surface area contributed by atoms with Crippen molar-refractivity contribution in [1.29, 1.82) is 0 Å². The minimum absolute atomic E-state index is 0.0170. The standard InChI is InChI=1S/C25H21ClN6O5S/c1-36-21-11-8-16(13-22(21)37-2)24-29-30-25(31(24)18-6-4-3-5-7-18)38-15-23(33)28-27-14-17-12-19(32(34)35)9-10-20(17)26/h3-14H,15H2,1-2H3,(H,28,33)/b27-14+. The number of thioether (sulfide) groups is 1. The molecule has 3 aromatic carbocycles. The van der Waals surface area contributed by atoms with Crippen LogP contribution in [0.4, 0.5) is 5.69 Å². The van der Waals surface area contributed by atoms with E-state index in [9.17, 15) is 14.9 Å². The number of nitrogens with zero attached hydrogens (tertiary/aromatic N) is 5. The summed E-state index contributed by atoms with van der Waals surface area (Å²) in [4.78, 5) is 22.9. The number of methoxy groups -OCH3 is 2. The lowest BCUT2D eigenvalue weighted by molar-refractivity contribution is -0.384. The van der Waals surface area contributed by atoms with Crippen molar-refractivity contribution in [2.24, 2.45) is 5.10 Å². The predicted molar refractivity (Wildman–Crippen MR) is 144 cm³/mol. The van der Waals surface area contributed by atoms with Crippen LogP contribution in [0.3, 0.4) is 0 Å². The van der Waals surface area contributed by atoms with E-state index < -0.39 is 10.8 Å². The number of benzene rings is 3. The fourth-order valence-electron chi connectivity index (χ4n) is 3.42. The zero-order valence-corrected chi connectivity index (χ0v) is 21.8. The highest BCUT2D eigenvalue weighted by Crippen LogP contribution is 2.34. The number of hydrogen-bond acceptors (Lipinski definition) is 9. The number of nitro groups is 1. The molecular formula is C25H21ClN6O5S. The van der Waals surface area contributed by atoms with Crippen LogP contribution >= 0.6 is 23.4 Å². The number of non-ortho nitro benzene ring substituents is 1. The fourth-order valence-corrected chi connectivity index (χ4v) is 4.33. The summed E-state index contributed by atoms with van der Waals surface area (Å²) >= 11 is 7.23. The average molecular weight is 553 g/mol. The summed E-state index contributed by atoms with van der Waals surface area (Å²) in [5.41, 5.74) is 4.12. The van der Waals surface area contributed by atoms with Crippen LogP contribution in [0, 0.1) is 10.1 Å². The van der Waals surface area contributed by atoms with Crippen molar-refractivity contribution in [1.82, 2.24) is 20.2 Å². The van der Waals surface area contributed by atoms with E-state index in [2.05, 4.69) is 20.7 Å². The Morgan fingerprint density at radius 2 is 1.87 bits per heavy atom. The van der Waals surface area contributed by atoms with Gasteiger partial charge < -0.3 is 9.47 Å². The van der Waals surface area contributed by atoms with Gasteiger partial charge in [0.1, 0.15) is 0 Å². The van der Waals surface area contributed by atoms with Crippen LogP contribution in [-0.2, 0) is 4.79 Å². The molecule has 13 heteroatoms. The zero-order valence-electron chi connectivity index (χ0n) is 20.2. The Kier molecular flexibility index (Phi) is 8.56. The topological polar surface area (TPSA) is 134 Å². The van der Waals surface area contributed by atoms with Crippen molar-refractivity contribution < 1.29 is 19.2 Å². The number of aromatic nitrogens is 3. The van der Waals surface area contributed by atoms with Crippen molar-refractivity contribution in [3.63, 3.8) is 0 Å². The third-order valence-electron chi connectivity index (χ3n) is 5.21. The normalized spacial score (nSPS) is 10.9. The molecule has 0 aliphatic carbocycles. The van der Waals surface area contributed by atoms with Crippen LogP contribution in [0.2, 0.25) is 5.02 Å². The lowest BCUT2D eigenvalue weighted by Crippen LogP contribution is -2.20. The fraction of sp³-hybridized carbons (Fsp3) is 0.120. The second-order valence-corrected chi connectivity index (χ2v) is 8.94. The maximum absolute atomic E-state index is 12.5. The van der Waals surface area contributed by atoms with Gasteiger partial charge in [0.2, 0.25) is 0 Å². The maximum atomic E-state index is 12.5. The zero-order chi connectivity index (χ0) is 27.1. The molecule has 38 heavy (non-hydrogen) atoms. The third kappa shape index (κ3) is 6.10. The quantitative estimate of drug-likeness (QED) is 0.129. The molecule has 4 aromatic rings. The highest BCUT2D eigenvalue weighted by molar-refractivity contribution is 7.99. The molecule has 1 amide bonds. The number of nitrogens with one attached hydrogen (secondary N) is 1. The lowest BCUT2D eigenvalue weighted by Gasteiger charge is -2.12. The number of amides is 1. The van der Waals surface area contributed by atoms with Gasteiger partial charge in [-0.3, -0.25) is 19.5 Å². The highest BCUT2D eigenvalue weighted by Gasteiger charge is 2.19. The molecular weight excluding hydrogens is 532 g/mol. The summed E-state index contributed by atoms with van der Waals surface area (Å²) in [6.45, 7) is 0. The molecule has 0 atom stereocenters. The van der Waals surface area contributed by atoms with Crippen LogP contribution in [0.5, 0.6) is 11.5 Å². The second kappa shape index (κ2) is 12.2. The molecule has 0 spiro atoms. The smallest absolute Gasteiger partial charge is 0.270 e. The highest BCUT2D eigenvalue weighted by atomic mass is 35.5. The van der Waals surface area contributed by atoms with Gasteiger partial charge in [-0.05, 0) is 36.4 Å². The number of rotatable bonds is 10. The van der Waals surface area contributed by atoms with Crippen LogP contribution in [0.15, 0.2) is 77.0 Å². The Bertz CT molecular complexity index is 1500. The number of hydrogen-bond donors (Lipinski definition) is 1. The average Bonchev–Trinajstić information content (AvgIpc) is 3.36. The monoisotopic (exact) mass is 552 g/mol. The summed E-state index contributed by atoms with van der Waals surface area (Å²) < 4.78 is 12.6. The summed E-state index contributed by atoms with van der Waals surface area (Å²) in [7, 11) is 3.12. The summed E-state index contributed by atoms with van der Waals surface area (Å²) in [5.74, 6) is 1.25. The van der Waals surface area contributed by atoms with Crippen LogP contribution in [0.1, 0.15) is 5.56 Å². The van der Waals surface area contributed by atoms with Crippen molar-refractivity contribution in [3.05, 3.63) is 87.4 Å². The van der Waals surface area contributed by atoms with Gasteiger partial charge in [0.25, 0.3) is 11.6 Å². The molecule has 0 unspecified atom stereocenters. The molecule has 11 nitrogen and oxygen atoms in total. The number of carbonyl (C=O) groups is 1. The number of halogens is 1. The van der Waals surface area contributed by atoms with E-state index in [1.54, 1.807) is 26.4 Å². The molecule has 0 bridgehead atoms. The van der Waals surface area contributed by atoms with Gasteiger partial charge in [0, 0.05) is 34.0 Å². The first-order valence-corrected chi connectivity index (χ1v) is 12.4.